The molecule has 4 heteroatoms. The Morgan fingerprint density at radius 1 is 1.08 bits per heavy atom. The van der Waals surface area contributed by atoms with Gasteiger partial charge in [0.1, 0.15) is 5.75 Å². The van der Waals surface area contributed by atoms with Crippen LogP contribution in [0.1, 0.15) is 35.6 Å². The molecule has 0 bridgehead atoms. The number of rotatable bonds is 7. The highest BCUT2D eigenvalue weighted by Gasteiger charge is 2.13. The van der Waals surface area contributed by atoms with Crippen LogP contribution in [-0.4, -0.2) is 24.1 Å². The molecule has 25 heavy (non-hydrogen) atoms. The number of carbonyl (C=O) groups is 1. The van der Waals surface area contributed by atoms with E-state index in [9.17, 15) is 9.90 Å². The van der Waals surface area contributed by atoms with Crippen LogP contribution < -0.4 is 10.6 Å². The smallest absolute Gasteiger partial charge is 0.241 e. The second-order valence-corrected chi connectivity index (χ2v) is 6.49. The molecule has 1 atom stereocenters. The lowest BCUT2D eigenvalue weighted by Gasteiger charge is -2.14. The maximum absolute atomic E-state index is 12.1. The summed E-state index contributed by atoms with van der Waals surface area (Å²) in [6, 6.07) is 11.8. The number of carbonyl (C=O) groups excluding carboxylic acids is 1. The first kappa shape index (κ1) is 19.0. The Hall–Kier alpha value is -2.33. The van der Waals surface area contributed by atoms with Gasteiger partial charge in [-0.1, -0.05) is 25.1 Å². The van der Waals surface area contributed by atoms with Gasteiger partial charge < -0.3 is 15.7 Å². The van der Waals surface area contributed by atoms with Crippen LogP contribution in [0.4, 0.5) is 5.69 Å². The summed E-state index contributed by atoms with van der Waals surface area (Å²) in [5.74, 6) is 0.353. The molecule has 0 aliphatic carbocycles. The lowest BCUT2D eigenvalue weighted by Crippen LogP contribution is -2.37. The maximum Gasteiger partial charge on any atom is 0.241 e. The molecule has 1 unspecified atom stereocenters. The second kappa shape index (κ2) is 8.67. The fourth-order valence-electron chi connectivity index (χ4n) is 2.85. The zero-order valence-electron chi connectivity index (χ0n) is 15.5. The Morgan fingerprint density at radius 3 is 2.28 bits per heavy atom. The Labute approximate surface area is 150 Å². The standard InChI is InChI=1S/C21H28N2O2/c1-5-19(22-4)21(25)23-18-10-8-16(9-11-18)6-7-17-12-14(2)15(3)20(24)13-17/h8-13,19,22,24H,5-7H2,1-4H3,(H,23,25). The second-order valence-electron chi connectivity index (χ2n) is 6.49. The van der Waals surface area contributed by atoms with Crippen molar-refractivity contribution in [3.8, 4) is 5.75 Å². The molecule has 0 radical (unpaired) electrons. The van der Waals surface area contributed by atoms with Crippen molar-refractivity contribution in [2.75, 3.05) is 12.4 Å². The Morgan fingerprint density at radius 2 is 1.72 bits per heavy atom. The summed E-state index contributed by atoms with van der Waals surface area (Å²) in [6.45, 7) is 5.93. The molecule has 0 aliphatic rings. The number of nitrogens with one attached hydrogen (secondary N) is 2. The normalized spacial score (nSPS) is 12.0. The molecular formula is C21H28N2O2. The predicted molar refractivity (Wildman–Crippen MR) is 103 cm³/mol. The number of hydrogen-bond acceptors (Lipinski definition) is 3. The van der Waals surface area contributed by atoms with Crippen LogP contribution in [0.15, 0.2) is 36.4 Å². The van der Waals surface area contributed by atoms with E-state index in [1.807, 2.05) is 51.1 Å². The number of likely N-dealkylation sites (N-methyl/N-ethyl adjacent to an activating group) is 1. The monoisotopic (exact) mass is 340 g/mol. The van der Waals surface area contributed by atoms with E-state index in [1.54, 1.807) is 7.05 Å². The minimum atomic E-state index is -0.169. The van der Waals surface area contributed by atoms with E-state index >= 15 is 0 Å². The summed E-state index contributed by atoms with van der Waals surface area (Å²) in [5.41, 5.74) is 5.21. The van der Waals surface area contributed by atoms with Crippen LogP contribution in [0.3, 0.4) is 0 Å². The van der Waals surface area contributed by atoms with Gasteiger partial charge >= 0.3 is 0 Å². The summed E-state index contributed by atoms with van der Waals surface area (Å²) in [6.07, 6.45) is 2.52. The van der Waals surface area contributed by atoms with E-state index in [0.29, 0.717) is 5.75 Å². The van der Waals surface area contributed by atoms with E-state index < -0.39 is 0 Å². The molecule has 2 aromatic rings. The largest absolute Gasteiger partial charge is 0.508 e. The number of aryl methyl sites for hydroxylation is 3. The Bertz CT molecular complexity index is 696. The van der Waals surface area contributed by atoms with Crippen molar-refractivity contribution in [2.24, 2.45) is 0 Å². The van der Waals surface area contributed by atoms with E-state index in [-0.39, 0.29) is 11.9 Å². The summed E-state index contributed by atoms with van der Waals surface area (Å²) >= 11 is 0. The van der Waals surface area contributed by atoms with Gasteiger partial charge in [0.05, 0.1) is 6.04 Å². The van der Waals surface area contributed by atoms with Crippen LogP contribution in [0.25, 0.3) is 0 Å². The maximum atomic E-state index is 12.1. The SMILES string of the molecule is CCC(NC)C(=O)Nc1ccc(CCc2cc(C)c(C)c(O)c2)cc1. The van der Waals surface area contributed by atoms with Crippen molar-refractivity contribution in [3.63, 3.8) is 0 Å². The third kappa shape index (κ3) is 5.07. The van der Waals surface area contributed by atoms with Crippen molar-refractivity contribution < 1.29 is 9.90 Å². The van der Waals surface area contributed by atoms with Gasteiger partial charge in [0.15, 0.2) is 0 Å². The average molecular weight is 340 g/mol. The van der Waals surface area contributed by atoms with Crippen LogP contribution in [0.2, 0.25) is 0 Å². The van der Waals surface area contributed by atoms with E-state index in [0.717, 1.165) is 41.6 Å². The fourth-order valence-corrected chi connectivity index (χ4v) is 2.85. The summed E-state index contributed by atoms with van der Waals surface area (Å²) in [5, 5.41) is 15.9. The predicted octanol–water partition coefficient (Wildman–Crippen LogP) is 3.73. The summed E-state index contributed by atoms with van der Waals surface area (Å²) < 4.78 is 0. The lowest BCUT2D eigenvalue weighted by atomic mass is 9.99. The third-order valence-corrected chi connectivity index (χ3v) is 4.70. The Balaban J connectivity index is 1.95. The topological polar surface area (TPSA) is 61.4 Å². The van der Waals surface area contributed by atoms with Gasteiger partial charge in [-0.3, -0.25) is 4.79 Å². The van der Waals surface area contributed by atoms with Crippen molar-refractivity contribution in [1.29, 1.82) is 0 Å². The molecule has 0 saturated heterocycles. The number of phenols is 1. The van der Waals surface area contributed by atoms with Crippen LogP contribution in [0, 0.1) is 13.8 Å². The molecule has 2 aromatic carbocycles. The minimum absolute atomic E-state index is 0.0108. The van der Waals surface area contributed by atoms with Crippen LogP contribution in [-0.2, 0) is 17.6 Å². The van der Waals surface area contributed by atoms with E-state index in [4.69, 9.17) is 0 Å². The average Bonchev–Trinajstić information content (AvgIpc) is 2.60. The van der Waals surface area contributed by atoms with Gasteiger partial charge in [-0.05, 0) is 80.6 Å². The molecule has 0 saturated carbocycles. The molecule has 0 heterocycles. The molecule has 2 rings (SSSR count). The molecule has 4 nitrogen and oxygen atoms in total. The fraction of sp³-hybridized carbons (Fsp3) is 0.381. The van der Waals surface area contributed by atoms with Crippen LogP contribution >= 0.6 is 0 Å². The molecule has 3 N–H and O–H groups in total. The molecule has 0 aliphatic heterocycles. The zero-order valence-corrected chi connectivity index (χ0v) is 15.5. The highest BCUT2D eigenvalue weighted by molar-refractivity contribution is 5.94. The number of anilines is 1. The first-order valence-electron chi connectivity index (χ1n) is 8.80. The summed E-state index contributed by atoms with van der Waals surface area (Å²) in [7, 11) is 1.79. The molecular weight excluding hydrogens is 312 g/mol. The third-order valence-electron chi connectivity index (χ3n) is 4.70. The van der Waals surface area contributed by atoms with Gasteiger partial charge in [-0.2, -0.15) is 0 Å². The van der Waals surface area contributed by atoms with Gasteiger partial charge in [0.25, 0.3) is 0 Å². The van der Waals surface area contributed by atoms with Gasteiger partial charge in [-0.25, -0.2) is 0 Å². The van der Waals surface area contributed by atoms with Crippen molar-refractivity contribution in [2.45, 2.75) is 46.1 Å². The van der Waals surface area contributed by atoms with E-state index in [2.05, 4.69) is 16.7 Å². The molecule has 0 aromatic heterocycles. The first-order chi connectivity index (χ1) is 11.9. The Kier molecular flexibility index (Phi) is 6.59. The van der Waals surface area contributed by atoms with Crippen molar-refractivity contribution in [1.82, 2.24) is 5.32 Å². The molecule has 1 amide bonds. The highest BCUT2D eigenvalue weighted by Crippen LogP contribution is 2.23. The zero-order chi connectivity index (χ0) is 18.4. The molecule has 0 fully saturated rings. The van der Waals surface area contributed by atoms with Crippen molar-refractivity contribution >= 4 is 11.6 Å². The quantitative estimate of drug-likeness (QED) is 0.720. The van der Waals surface area contributed by atoms with Gasteiger partial charge in [-0.15, -0.1) is 0 Å². The number of aromatic hydroxyl groups is 1. The number of phenolic OH excluding ortho intramolecular Hbond substituents is 1. The molecule has 0 spiro atoms. The van der Waals surface area contributed by atoms with Gasteiger partial charge in [0.2, 0.25) is 5.91 Å². The number of hydrogen-bond donors (Lipinski definition) is 3. The number of amides is 1. The van der Waals surface area contributed by atoms with Crippen LogP contribution in [0.5, 0.6) is 5.75 Å². The van der Waals surface area contributed by atoms with Gasteiger partial charge in [0, 0.05) is 5.69 Å². The molecule has 134 valence electrons. The minimum Gasteiger partial charge on any atom is -0.508 e. The summed E-state index contributed by atoms with van der Waals surface area (Å²) in [4.78, 5) is 12.1. The number of benzene rings is 2. The van der Waals surface area contributed by atoms with Crippen molar-refractivity contribution in [3.05, 3.63) is 58.7 Å². The first-order valence-corrected chi connectivity index (χ1v) is 8.80. The van der Waals surface area contributed by atoms with E-state index in [1.165, 1.54) is 5.56 Å². The highest BCUT2D eigenvalue weighted by atomic mass is 16.3. The lowest BCUT2D eigenvalue weighted by molar-refractivity contribution is -0.118.